The highest BCUT2D eigenvalue weighted by molar-refractivity contribution is 7.07. The van der Waals surface area contributed by atoms with Gasteiger partial charge in [-0.1, -0.05) is 29.5 Å². The number of thiazole rings is 1. The fourth-order valence-corrected chi connectivity index (χ4v) is 5.46. The predicted octanol–water partition coefficient (Wildman–Crippen LogP) is 3.98. The van der Waals surface area contributed by atoms with Gasteiger partial charge in [0, 0.05) is 17.7 Å². The fourth-order valence-electron chi connectivity index (χ4n) is 4.42. The molecule has 0 bridgehead atoms. The van der Waals surface area contributed by atoms with Gasteiger partial charge in [-0.15, -0.1) is 0 Å². The Kier molecular flexibility index (Phi) is 6.75. The molecule has 0 unspecified atom stereocenters. The zero-order valence-corrected chi connectivity index (χ0v) is 22.0. The molecule has 2 aromatic carbocycles. The first-order valence-electron chi connectivity index (χ1n) is 12.0. The molecule has 0 saturated heterocycles. The van der Waals surface area contributed by atoms with E-state index in [1.54, 1.807) is 50.3 Å². The highest BCUT2D eigenvalue weighted by Gasteiger charge is 2.35. The van der Waals surface area contributed by atoms with Crippen LogP contribution in [-0.4, -0.2) is 27.2 Å². The molecule has 3 heterocycles. The van der Waals surface area contributed by atoms with Crippen LogP contribution < -0.4 is 14.9 Å². The molecule has 1 aliphatic heterocycles. The zero-order valence-electron chi connectivity index (χ0n) is 21.2. The SMILES string of the molecule is CCOC(=O)C1=C(C)N=c2s/c(=C\c3ccc(O)cc3)c(=O)n2[C@@H]1c1ccc(-c2cc([N+](=O)[O-])ccc2C)o1. The Bertz CT molecular complexity index is 1830. The summed E-state index contributed by atoms with van der Waals surface area (Å²) >= 11 is 1.16. The monoisotopic (exact) mass is 545 g/mol. The van der Waals surface area contributed by atoms with Crippen molar-refractivity contribution in [2.75, 3.05) is 6.61 Å². The van der Waals surface area contributed by atoms with Crippen molar-refractivity contribution >= 4 is 29.1 Å². The fraction of sp³-hybridized carbons (Fsp3) is 0.179. The van der Waals surface area contributed by atoms with Gasteiger partial charge in [0.2, 0.25) is 0 Å². The van der Waals surface area contributed by atoms with Crippen LogP contribution in [0.15, 0.2) is 80.1 Å². The quantitative estimate of drug-likeness (QED) is 0.220. The van der Waals surface area contributed by atoms with Crippen LogP contribution in [-0.2, 0) is 9.53 Å². The van der Waals surface area contributed by atoms with E-state index in [1.807, 2.05) is 6.92 Å². The Hall–Kier alpha value is -4.77. The van der Waals surface area contributed by atoms with Gasteiger partial charge in [0.15, 0.2) is 4.80 Å². The number of ether oxygens (including phenoxy) is 1. The molecule has 0 spiro atoms. The lowest BCUT2D eigenvalue weighted by Gasteiger charge is -2.22. The van der Waals surface area contributed by atoms with Crippen LogP contribution in [0.4, 0.5) is 5.69 Å². The van der Waals surface area contributed by atoms with E-state index >= 15 is 0 Å². The third-order valence-corrected chi connectivity index (χ3v) is 7.28. The number of allylic oxidation sites excluding steroid dienone is 1. The first-order valence-corrected chi connectivity index (χ1v) is 12.8. The summed E-state index contributed by atoms with van der Waals surface area (Å²) < 4.78 is 13.3. The summed E-state index contributed by atoms with van der Waals surface area (Å²) in [5.74, 6) is 0.123. The lowest BCUT2D eigenvalue weighted by Crippen LogP contribution is -2.39. The van der Waals surface area contributed by atoms with Gasteiger partial charge in [-0.25, -0.2) is 9.79 Å². The number of phenolic OH excluding ortho intramolecular Hbond substituents is 1. The maximum Gasteiger partial charge on any atom is 0.338 e. The zero-order chi connectivity index (χ0) is 27.8. The van der Waals surface area contributed by atoms with Gasteiger partial charge < -0.3 is 14.3 Å². The number of nitrogens with zero attached hydrogens (tertiary/aromatic N) is 3. The number of rotatable bonds is 6. The normalized spacial score (nSPS) is 15.2. The standard InChI is InChI=1S/C28H23N3O7S/c1-4-37-27(34)24-16(3)29-28-30(26(33)23(39-28)13-17-6-9-19(32)10-7-17)25(24)22-12-11-21(38-22)20-14-18(31(35)36)8-5-15(20)2/h5-14,25,32H,4H2,1-3H3/b23-13-/t25-/m1/s1. The average Bonchev–Trinajstić information content (AvgIpc) is 3.50. The topological polar surface area (TPSA) is 137 Å². The largest absolute Gasteiger partial charge is 0.508 e. The summed E-state index contributed by atoms with van der Waals surface area (Å²) in [4.78, 5) is 42.6. The van der Waals surface area contributed by atoms with Crippen LogP contribution >= 0.6 is 11.3 Å². The highest BCUT2D eigenvalue weighted by atomic mass is 32.1. The average molecular weight is 546 g/mol. The molecular formula is C28H23N3O7S. The van der Waals surface area contributed by atoms with Crippen LogP contribution in [0.2, 0.25) is 0 Å². The second-order valence-corrected chi connectivity index (χ2v) is 9.86. The number of furan rings is 1. The van der Waals surface area contributed by atoms with Crippen molar-refractivity contribution in [3.05, 3.63) is 113 Å². The summed E-state index contributed by atoms with van der Waals surface area (Å²) in [5.41, 5.74) is 2.08. The third kappa shape index (κ3) is 4.79. The van der Waals surface area contributed by atoms with Gasteiger partial charge >= 0.3 is 5.97 Å². The number of phenols is 1. The number of hydrogen-bond acceptors (Lipinski definition) is 9. The molecule has 4 aromatic rings. The smallest absolute Gasteiger partial charge is 0.338 e. The summed E-state index contributed by atoms with van der Waals surface area (Å²) in [5, 5.41) is 20.9. The lowest BCUT2D eigenvalue weighted by atomic mass is 10.0. The number of carbonyl (C=O) groups is 1. The van der Waals surface area contributed by atoms with E-state index in [2.05, 4.69) is 4.99 Å². The number of aromatic hydroxyl groups is 1. The van der Waals surface area contributed by atoms with E-state index in [1.165, 1.54) is 28.8 Å². The first kappa shape index (κ1) is 25.9. The summed E-state index contributed by atoms with van der Waals surface area (Å²) in [6, 6.07) is 13.2. The Labute approximate surface area is 225 Å². The second-order valence-electron chi connectivity index (χ2n) is 8.85. The van der Waals surface area contributed by atoms with E-state index in [-0.39, 0.29) is 34.9 Å². The van der Waals surface area contributed by atoms with Crippen molar-refractivity contribution in [3.63, 3.8) is 0 Å². The van der Waals surface area contributed by atoms with Crippen molar-refractivity contribution in [1.82, 2.24) is 4.57 Å². The number of esters is 1. The Balaban J connectivity index is 1.69. The minimum absolute atomic E-state index is 0.0845. The van der Waals surface area contributed by atoms with Crippen LogP contribution in [0.25, 0.3) is 17.4 Å². The number of benzene rings is 2. The summed E-state index contributed by atoms with van der Waals surface area (Å²) in [6.07, 6.45) is 1.68. The summed E-state index contributed by atoms with van der Waals surface area (Å²) in [6.45, 7) is 5.29. The van der Waals surface area contributed by atoms with Crippen molar-refractivity contribution in [2.24, 2.45) is 4.99 Å². The molecule has 0 saturated carbocycles. The molecule has 1 aliphatic rings. The number of nitro benzene ring substituents is 1. The van der Waals surface area contributed by atoms with Gasteiger partial charge in [-0.05, 0) is 62.2 Å². The number of aryl methyl sites for hydroxylation is 1. The lowest BCUT2D eigenvalue weighted by molar-refractivity contribution is -0.384. The van der Waals surface area contributed by atoms with E-state index in [0.717, 1.165) is 16.9 Å². The molecule has 198 valence electrons. The third-order valence-electron chi connectivity index (χ3n) is 6.30. The van der Waals surface area contributed by atoms with Gasteiger partial charge in [0.1, 0.15) is 23.3 Å². The van der Waals surface area contributed by atoms with Crippen molar-refractivity contribution in [1.29, 1.82) is 0 Å². The Morgan fingerprint density at radius 1 is 1.21 bits per heavy atom. The molecule has 0 fully saturated rings. The molecule has 39 heavy (non-hydrogen) atoms. The maximum absolute atomic E-state index is 13.7. The minimum atomic E-state index is -0.963. The van der Waals surface area contributed by atoms with Crippen LogP contribution in [0.1, 0.15) is 36.8 Å². The molecule has 1 N–H and O–H groups in total. The van der Waals surface area contributed by atoms with E-state index in [4.69, 9.17) is 9.15 Å². The predicted molar refractivity (Wildman–Crippen MR) is 144 cm³/mol. The van der Waals surface area contributed by atoms with Gasteiger partial charge in [0.05, 0.1) is 27.3 Å². The van der Waals surface area contributed by atoms with Crippen molar-refractivity contribution in [3.8, 4) is 17.1 Å². The maximum atomic E-state index is 13.7. The number of aromatic nitrogens is 1. The van der Waals surface area contributed by atoms with E-state index in [0.29, 0.717) is 31.9 Å². The highest BCUT2D eigenvalue weighted by Crippen LogP contribution is 2.36. The molecule has 10 nitrogen and oxygen atoms in total. The minimum Gasteiger partial charge on any atom is -0.508 e. The van der Waals surface area contributed by atoms with Gasteiger partial charge in [-0.3, -0.25) is 19.5 Å². The van der Waals surface area contributed by atoms with Gasteiger partial charge in [0.25, 0.3) is 11.2 Å². The molecule has 1 atom stereocenters. The molecule has 2 aromatic heterocycles. The molecular weight excluding hydrogens is 522 g/mol. The van der Waals surface area contributed by atoms with Gasteiger partial charge in [-0.2, -0.15) is 0 Å². The number of hydrogen-bond donors (Lipinski definition) is 1. The van der Waals surface area contributed by atoms with E-state index in [9.17, 15) is 24.8 Å². The van der Waals surface area contributed by atoms with Crippen LogP contribution in [0, 0.1) is 17.0 Å². The van der Waals surface area contributed by atoms with Crippen LogP contribution in [0.5, 0.6) is 5.75 Å². The summed E-state index contributed by atoms with van der Waals surface area (Å²) in [7, 11) is 0. The number of nitro groups is 1. The van der Waals surface area contributed by atoms with Crippen molar-refractivity contribution in [2.45, 2.75) is 26.8 Å². The molecule has 0 amide bonds. The molecule has 5 rings (SSSR count). The Morgan fingerprint density at radius 3 is 2.64 bits per heavy atom. The molecule has 0 aliphatic carbocycles. The van der Waals surface area contributed by atoms with Crippen molar-refractivity contribution < 1.29 is 24.0 Å². The molecule has 11 heteroatoms. The Morgan fingerprint density at radius 2 is 1.95 bits per heavy atom. The number of fused-ring (bicyclic) bond motifs is 1. The second kappa shape index (κ2) is 10.2. The van der Waals surface area contributed by atoms with E-state index < -0.39 is 16.9 Å². The van der Waals surface area contributed by atoms with Crippen LogP contribution in [0.3, 0.4) is 0 Å². The first-order chi connectivity index (χ1) is 18.7. The number of carbonyl (C=O) groups excluding carboxylic acids is 1. The molecule has 0 radical (unpaired) electrons. The number of non-ortho nitro benzene ring substituents is 1.